The summed E-state index contributed by atoms with van der Waals surface area (Å²) in [6.07, 6.45) is 0. The van der Waals surface area contributed by atoms with E-state index in [0.29, 0.717) is 5.56 Å². The molecule has 0 bridgehead atoms. The Bertz CT molecular complexity index is 485. The van der Waals surface area contributed by atoms with E-state index in [2.05, 4.69) is 4.74 Å². The molecule has 104 valence electrons. The summed E-state index contributed by atoms with van der Waals surface area (Å²) < 4.78 is 18.1. The molecule has 1 aromatic rings. The first-order valence-electron chi connectivity index (χ1n) is 5.88. The van der Waals surface area contributed by atoms with Crippen molar-refractivity contribution in [3.05, 3.63) is 35.6 Å². The van der Waals surface area contributed by atoms with Crippen LogP contribution < -0.4 is 0 Å². The van der Waals surface area contributed by atoms with E-state index in [1.807, 2.05) is 0 Å². The first kappa shape index (κ1) is 15.1. The molecule has 0 N–H and O–H groups in total. The number of nitrogens with zero attached hydrogens (tertiary/aromatic N) is 1. The lowest BCUT2D eigenvalue weighted by atomic mass is 9.91. The molecule has 0 unspecified atom stereocenters. The van der Waals surface area contributed by atoms with Gasteiger partial charge in [-0.3, -0.25) is 9.59 Å². The van der Waals surface area contributed by atoms with Gasteiger partial charge in [0, 0.05) is 19.2 Å². The van der Waals surface area contributed by atoms with Gasteiger partial charge in [0.15, 0.2) is 0 Å². The quantitative estimate of drug-likeness (QED) is 0.619. The van der Waals surface area contributed by atoms with Gasteiger partial charge < -0.3 is 9.64 Å². The fourth-order valence-electron chi connectivity index (χ4n) is 1.77. The van der Waals surface area contributed by atoms with Gasteiger partial charge in [0.2, 0.25) is 5.91 Å². The number of hydrogen-bond donors (Lipinski definition) is 0. The lowest BCUT2D eigenvalue weighted by Gasteiger charge is -2.27. The van der Waals surface area contributed by atoms with Crippen LogP contribution >= 0.6 is 0 Å². The lowest BCUT2D eigenvalue weighted by molar-refractivity contribution is -0.160. The van der Waals surface area contributed by atoms with Gasteiger partial charge >= 0.3 is 5.97 Å². The fraction of sp³-hybridized carbons (Fsp3) is 0.429. The summed E-state index contributed by atoms with van der Waals surface area (Å²) in [5, 5.41) is 0. The zero-order valence-electron chi connectivity index (χ0n) is 11.6. The first-order chi connectivity index (χ1) is 8.80. The second kappa shape index (κ2) is 5.82. The van der Waals surface area contributed by atoms with Crippen LogP contribution in [0.3, 0.4) is 0 Å². The number of methoxy groups -OCH3 is 1. The van der Waals surface area contributed by atoms with E-state index in [0.717, 1.165) is 0 Å². The highest BCUT2D eigenvalue weighted by atomic mass is 19.1. The molecule has 0 aliphatic heterocycles. The minimum atomic E-state index is -1.28. The molecule has 0 heterocycles. The SMILES string of the molecule is COC(=O)C(C)(C)C(=O)N(C)Cc1ccccc1F. The maximum absolute atomic E-state index is 13.5. The predicted octanol–water partition coefficient (Wildman–Crippen LogP) is 1.98. The van der Waals surface area contributed by atoms with Crippen molar-refractivity contribution in [1.82, 2.24) is 4.90 Å². The number of rotatable bonds is 4. The highest BCUT2D eigenvalue weighted by molar-refractivity contribution is 6.01. The summed E-state index contributed by atoms with van der Waals surface area (Å²) >= 11 is 0. The number of amides is 1. The Hall–Kier alpha value is -1.91. The number of carbonyl (C=O) groups excluding carboxylic acids is 2. The summed E-state index contributed by atoms with van der Waals surface area (Å²) in [5.41, 5.74) is -0.881. The molecule has 0 fully saturated rings. The van der Waals surface area contributed by atoms with Crippen LogP contribution in [-0.4, -0.2) is 30.9 Å². The number of benzene rings is 1. The molecule has 0 aromatic heterocycles. The first-order valence-corrected chi connectivity index (χ1v) is 5.88. The smallest absolute Gasteiger partial charge is 0.320 e. The van der Waals surface area contributed by atoms with E-state index in [1.54, 1.807) is 18.2 Å². The second-order valence-electron chi connectivity index (χ2n) is 4.87. The van der Waals surface area contributed by atoms with Gasteiger partial charge in [-0.2, -0.15) is 0 Å². The van der Waals surface area contributed by atoms with Crippen molar-refractivity contribution >= 4 is 11.9 Å². The number of carbonyl (C=O) groups is 2. The average molecular weight is 267 g/mol. The van der Waals surface area contributed by atoms with E-state index in [-0.39, 0.29) is 12.4 Å². The predicted molar refractivity (Wildman–Crippen MR) is 68.7 cm³/mol. The average Bonchev–Trinajstić information content (AvgIpc) is 2.39. The van der Waals surface area contributed by atoms with Gasteiger partial charge in [-0.05, 0) is 19.9 Å². The van der Waals surface area contributed by atoms with Crippen LogP contribution in [0.1, 0.15) is 19.4 Å². The molecule has 0 radical (unpaired) electrons. The molecular weight excluding hydrogens is 249 g/mol. The van der Waals surface area contributed by atoms with Crippen LogP contribution in [0.15, 0.2) is 24.3 Å². The summed E-state index contributed by atoms with van der Waals surface area (Å²) in [6.45, 7) is 3.07. The Kier molecular flexibility index (Phi) is 4.64. The van der Waals surface area contributed by atoms with Crippen molar-refractivity contribution in [1.29, 1.82) is 0 Å². The van der Waals surface area contributed by atoms with Crippen LogP contribution in [0.4, 0.5) is 4.39 Å². The molecule has 0 saturated heterocycles. The number of esters is 1. The van der Waals surface area contributed by atoms with E-state index < -0.39 is 17.3 Å². The fourth-order valence-corrected chi connectivity index (χ4v) is 1.77. The third-order valence-corrected chi connectivity index (χ3v) is 2.94. The van der Waals surface area contributed by atoms with Gasteiger partial charge in [0.25, 0.3) is 0 Å². The van der Waals surface area contributed by atoms with Gasteiger partial charge in [0.1, 0.15) is 11.2 Å². The summed E-state index contributed by atoms with van der Waals surface area (Å²) in [4.78, 5) is 25.1. The van der Waals surface area contributed by atoms with Crippen LogP contribution in [0.2, 0.25) is 0 Å². The summed E-state index contributed by atoms with van der Waals surface area (Å²) in [7, 11) is 2.76. The Morgan fingerprint density at radius 2 is 1.89 bits per heavy atom. The van der Waals surface area contributed by atoms with Crippen molar-refractivity contribution in [2.75, 3.05) is 14.2 Å². The molecule has 0 saturated carbocycles. The molecule has 0 spiro atoms. The summed E-state index contributed by atoms with van der Waals surface area (Å²) in [5.74, 6) is -1.40. The van der Waals surface area contributed by atoms with Crippen LogP contribution in [0.5, 0.6) is 0 Å². The van der Waals surface area contributed by atoms with Crippen molar-refractivity contribution in [3.63, 3.8) is 0 Å². The molecule has 19 heavy (non-hydrogen) atoms. The highest BCUT2D eigenvalue weighted by Crippen LogP contribution is 2.21. The van der Waals surface area contributed by atoms with Gasteiger partial charge in [-0.15, -0.1) is 0 Å². The lowest BCUT2D eigenvalue weighted by Crippen LogP contribution is -2.43. The van der Waals surface area contributed by atoms with Gasteiger partial charge in [0.05, 0.1) is 7.11 Å². The van der Waals surface area contributed by atoms with E-state index in [4.69, 9.17) is 0 Å². The molecule has 0 aliphatic carbocycles. The van der Waals surface area contributed by atoms with E-state index >= 15 is 0 Å². The highest BCUT2D eigenvalue weighted by Gasteiger charge is 2.39. The number of ether oxygens (including phenoxy) is 1. The third kappa shape index (κ3) is 3.30. The van der Waals surface area contributed by atoms with Crippen LogP contribution in [0.25, 0.3) is 0 Å². The third-order valence-electron chi connectivity index (χ3n) is 2.94. The van der Waals surface area contributed by atoms with Crippen molar-refractivity contribution in [3.8, 4) is 0 Å². The number of halogens is 1. The molecule has 0 aliphatic rings. The monoisotopic (exact) mass is 267 g/mol. The maximum atomic E-state index is 13.5. The second-order valence-corrected chi connectivity index (χ2v) is 4.87. The van der Waals surface area contributed by atoms with Crippen LogP contribution in [0, 0.1) is 11.2 Å². The largest absolute Gasteiger partial charge is 0.468 e. The van der Waals surface area contributed by atoms with Gasteiger partial charge in [-0.1, -0.05) is 18.2 Å². The molecule has 5 heteroatoms. The normalized spacial score (nSPS) is 11.0. The molecule has 1 aromatic carbocycles. The van der Waals surface area contributed by atoms with Crippen LogP contribution in [-0.2, 0) is 20.9 Å². The van der Waals surface area contributed by atoms with E-state index in [9.17, 15) is 14.0 Å². The zero-order valence-corrected chi connectivity index (χ0v) is 11.6. The molecule has 4 nitrogen and oxygen atoms in total. The van der Waals surface area contributed by atoms with Gasteiger partial charge in [-0.25, -0.2) is 4.39 Å². The Labute approximate surface area is 112 Å². The molecule has 1 amide bonds. The molecule has 1 rings (SSSR count). The topological polar surface area (TPSA) is 46.6 Å². The van der Waals surface area contributed by atoms with Crippen molar-refractivity contribution in [2.45, 2.75) is 20.4 Å². The Balaban J connectivity index is 2.84. The van der Waals surface area contributed by atoms with Crippen molar-refractivity contribution < 1.29 is 18.7 Å². The Morgan fingerprint density at radius 1 is 1.32 bits per heavy atom. The zero-order chi connectivity index (χ0) is 14.6. The van der Waals surface area contributed by atoms with E-state index in [1.165, 1.54) is 39.0 Å². The molecule has 0 atom stereocenters. The minimum Gasteiger partial charge on any atom is -0.468 e. The summed E-state index contributed by atoms with van der Waals surface area (Å²) in [6, 6.07) is 6.21. The minimum absolute atomic E-state index is 0.103. The molecular formula is C14H18FNO3. The number of hydrogen-bond acceptors (Lipinski definition) is 3. The maximum Gasteiger partial charge on any atom is 0.320 e. The standard InChI is InChI=1S/C14H18FNO3/c1-14(2,13(18)19-4)12(17)16(3)9-10-7-5-6-8-11(10)15/h5-8H,9H2,1-4H3. The van der Waals surface area contributed by atoms with Crippen molar-refractivity contribution in [2.24, 2.45) is 5.41 Å². The Morgan fingerprint density at radius 3 is 2.42 bits per heavy atom.